The van der Waals surface area contributed by atoms with Gasteiger partial charge in [-0.1, -0.05) is 0 Å². The number of rotatable bonds is 6. The summed E-state index contributed by atoms with van der Waals surface area (Å²) in [5.74, 6) is -2.36. The maximum absolute atomic E-state index is 11.2. The van der Waals surface area contributed by atoms with Crippen molar-refractivity contribution in [3.63, 3.8) is 0 Å². The predicted molar refractivity (Wildman–Crippen MR) is 51.0 cm³/mol. The van der Waals surface area contributed by atoms with Crippen molar-refractivity contribution in [2.45, 2.75) is 12.5 Å². The Bertz CT molecular complexity index is 350. The second-order valence-corrected chi connectivity index (χ2v) is 4.88. The first-order chi connectivity index (χ1) is 6.66. The van der Waals surface area contributed by atoms with Crippen LogP contribution in [-0.2, 0) is 19.8 Å². The maximum atomic E-state index is 11.2. The fourth-order valence-electron chi connectivity index (χ4n) is 0.666. The minimum Gasteiger partial charge on any atom is -0.480 e. The fourth-order valence-corrected chi connectivity index (χ4v) is 1.42. The number of primary amides is 1. The molecule has 0 saturated heterocycles. The molecule has 0 saturated carbocycles. The zero-order valence-electron chi connectivity index (χ0n) is 8.30. The van der Waals surface area contributed by atoms with E-state index in [1.807, 2.05) is 4.72 Å². The molecule has 0 rings (SSSR count). The Balaban J connectivity index is 4.70. The number of nitrogens with two attached hydrogens (primary N) is 1. The van der Waals surface area contributed by atoms with Gasteiger partial charge in [-0.25, -0.2) is 0 Å². The highest BCUT2D eigenvalue weighted by Crippen LogP contribution is 1.97. The van der Waals surface area contributed by atoms with Gasteiger partial charge < -0.3 is 10.8 Å². The highest BCUT2D eigenvalue weighted by Gasteiger charge is 2.26. The van der Waals surface area contributed by atoms with Gasteiger partial charge in [0.2, 0.25) is 5.91 Å². The van der Waals surface area contributed by atoms with Crippen LogP contribution in [0.3, 0.4) is 0 Å². The first kappa shape index (κ1) is 13.8. The number of hydrogen-bond donors (Lipinski definition) is 3. The molecule has 0 aliphatic heterocycles. The highest BCUT2D eigenvalue weighted by atomic mass is 32.2. The Hall–Kier alpha value is -1.19. The van der Waals surface area contributed by atoms with E-state index in [0.29, 0.717) is 0 Å². The third-order valence-electron chi connectivity index (χ3n) is 1.48. The summed E-state index contributed by atoms with van der Waals surface area (Å²) in [6.07, 6.45) is -0.595. The minimum absolute atomic E-state index is 0.595. The predicted octanol–water partition coefficient (Wildman–Crippen LogP) is -2.29. The van der Waals surface area contributed by atoms with Crippen molar-refractivity contribution in [1.29, 1.82) is 0 Å². The lowest BCUT2D eigenvalue weighted by Gasteiger charge is -2.16. The van der Waals surface area contributed by atoms with Crippen LogP contribution in [0, 0.1) is 0 Å². The van der Waals surface area contributed by atoms with Crippen LogP contribution >= 0.6 is 0 Å². The summed E-state index contributed by atoms with van der Waals surface area (Å²) in [6.45, 7) is 0. The third kappa shape index (κ3) is 4.72. The summed E-state index contributed by atoms with van der Waals surface area (Å²) in [5.41, 5.74) is 4.78. The summed E-state index contributed by atoms with van der Waals surface area (Å²) >= 11 is 0. The lowest BCUT2D eigenvalue weighted by atomic mass is 10.2. The van der Waals surface area contributed by atoms with E-state index >= 15 is 0 Å². The van der Waals surface area contributed by atoms with Crippen LogP contribution in [0.4, 0.5) is 0 Å². The van der Waals surface area contributed by atoms with Gasteiger partial charge >= 0.3 is 5.97 Å². The van der Waals surface area contributed by atoms with Gasteiger partial charge in [0.1, 0.15) is 6.04 Å². The Kier molecular flexibility index (Phi) is 4.65. The largest absolute Gasteiger partial charge is 0.480 e. The molecular formula is C6H13N3O5S. The molecule has 0 bridgehead atoms. The summed E-state index contributed by atoms with van der Waals surface area (Å²) in [7, 11) is -1.44. The van der Waals surface area contributed by atoms with Crippen molar-refractivity contribution in [2.24, 2.45) is 5.73 Å². The number of carboxylic acids is 1. The van der Waals surface area contributed by atoms with E-state index in [1.54, 1.807) is 0 Å². The van der Waals surface area contributed by atoms with Crippen molar-refractivity contribution >= 4 is 22.1 Å². The van der Waals surface area contributed by atoms with Crippen molar-refractivity contribution in [3.05, 3.63) is 0 Å². The number of nitrogens with one attached hydrogen (secondary N) is 1. The molecular weight excluding hydrogens is 226 g/mol. The second-order valence-electron chi connectivity index (χ2n) is 2.97. The van der Waals surface area contributed by atoms with Gasteiger partial charge in [0.15, 0.2) is 0 Å². The summed E-state index contributed by atoms with van der Waals surface area (Å²) < 4.78 is 25.1. The van der Waals surface area contributed by atoms with Crippen molar-refractivity contribution in [2.75, 3.05) is 14.1 Å². The summed E-state index contributed by atoms with van der Waals surface area (Å²) in [5, 5.41) is 8.61. The summed E-state index contributed by atoms with van der Waals surface area (Å²) in [4.78, 5) is 21.1. The molecule has 8 nitrogen and oxygen atoms in total. The Labute approximate surface area is 87.2 Å². The molecule has 1 amide bonds. The van der Waals surface area contributed by atoms with Gasteiger partial charge in [-0.05, 0) is 0 Å². The first-order valence-electron chi connectivity index (χ1n) is 3.87. The number of nitrogens with zero attached hydrogens (tertiary/aromatic N) is 1. The van der Waals surface area contributed by atoms with Crippen LogP contribution in [0.1, 0.15) is 6.42 Å². The van der Waals surface area contributed by atoms with Crippen molar-refractivity contribution in [3.8, 4) is 0 Å². The first-order valence-corrected chi connectivity index (χ1v) is 5.31. The van der Waals surface area contributed by atoms with E-state index in [4.69, 9.17) is 10.8 Å². The average Bonchev–Trinajstić information content (AvgIpc) is 2.01. The fraction of sp³-hybridized carbons (Fsp3) is 0.667. The number of amides is 1. The molecule has 0 heterocycles. The molecule has 15 heavy (non-hydrogen) atoms. The second kappa shape index (κ2) is 5.05. The number of carboxylic acid groups (broad SMARTS) is 1. The average molecular weight is 239 g/mol. The molecule has 0 aromatic heterocycles. The van der Waals surface area contributed by atoms with Gasteiger partial charge in [0, 0.05) is 14.1 Å². The Morgan fingerprint density at radius 2 is 1.93 bits per heavy atom. The van der Waals surface area contributed by atoms with Crippen LogP contribution in [0.5, 0.6) is 0 Å². The summed E-state index contributed by atoms with van der Waals surface area (Å²) in [6, 6.07) is -1.55. The number of aliphatic carboxylic acids is 1. The van der Waals surface area contributed by atoms with Gasteiger partial charge in [-0.15, -0.1) is 0 Å². The van der Waals surface area contributed by atoms with E-state index < -0.39 is 34.5 Å². The maximum Gasteiger partial charge on any atom is 0.322 e. The molecule has 0 fully saturated rings. The minimum atomic E-state index is -3.89. The topological polar surface area (TPSA) is 130 Å². The van der Waals surface area contributed by atoms with E-state index in [2.05, 4.69) is 0 Å². The Morgan fingerprint density at radius 3 is 2.20 bits per heavy atom. The molecule has 0 aromatic carbocycles. The quantitative estimate of drug-likeness (QED) is 0.480. The normalized spacial score (nSPS) is 13.8. The van der Waals surface area contributed by atoms with Gasteiger partial charge in [-0.3, -0.25) is 9.59 Å². The monoisotopic (exact) mass is 239 g/mol. The van der Waals surface area contributed by atoms with Crippen LogP contribution in [0.25, 0.3) is 0 Å². The molecule has 0 spiro atoms. The Morgan fingerprint density at radius 1 is 1.47 bits per heavy atom. The number of carbonyl (C=O) groups excluding carboxylic acids is 1. The van der Waals surface area contributed by atoms with Gasteiger partial charge in [0.05, 0.1) is 6.42 Å². The van der Waals surface area contributed by atoms with Crippen molar-refractivity contribution < 1.29 is 23.1 Å². The lowest BCUT2D eigenvalue weighted by Crippen LogP contribution is -2.47. The van der Waals surface area contributed by atoms with E-state index in [0.717, 1.165) is 4.31 Å². The zero-order chi connectivity index (χ0) is 12.2. The van der Waals surface area contributed by atoms with Crippen LogP contribution < -0.4 is 10.5 Å². The number of carbonyl (C=O) groups is 2. The van der Waals surface area contributed by atoms with Crippen LogP contribution in [-0.4, -0.2) is 49.8 Å². The van der Waals surface area contributed by atoms with E-state index in [9.17, 15) is 18.0 Å². The van der Waals surface area contributed by atoms with E-state index in [1.165, 1.54) is 14.1 Å². The zero-order valence-corrected chi connectivity index (χ0v) is 9.11. The molecule has 9 heteroatoms. The molecule has 0 aromatic rings. The molecule has 1 unspecified atom stereocenters. The molecule has 0 aliphatic carbocycles. The van der Waals surface area contributed by atoms with Gasteiger partial charge in [0.25, 0.3) is 10.2 Å². The molecule has 0 radical (unpaired) electrons. The molecule has 4 N–H and O–H groups in total. The lowest BCUT2D eigenvalue weighted by molar-refractivity contribution is -0.140. The molecule has 0 aliphatic rings. The van der Waals surface area contributed by atoms with Gasteiger partial charge in [-0.2, -0.15) is 17.4 Å². The number of hydrogen-bond acceptors (Lipinski definition) is 4. The highest BCUT2D eigenvalue weighted by molar-refractivity contribution is 7.87. The smallest absolute Gasteiger partial charge is 0.322 e. The van der Waals surface area contributed by atoms with Crippen molar-refractivity contribution in [1.82, 2.24) is 9.03 Å². The third-order valence-corrected chi connectivity index (χ3v) is 3.02. The van der Waals surface area contributed by atoms with Crippen LogP contribution in [0.2, 0.25) is 0 Å². The van der Waals surface area contributed by atoms with Crippen LogP contribution in [0.15, 0.2) is 0 Å². The molecule has 88 valence electrons. The SMILES string of the molecule is CN(C)S(=O)(=O)NC(CC(N)=O)C(=O)O. The van der Waals surface area contributed by atoms with E-state index in [-0.39, 0.29) is 0 Å². The standard InChI is InChI=1S/C6H13N3O5S/c1-9(2)15(13,14)8-4(6(11)12)3-5(7)10/h4,8H,3H2,1-2H3,(H2,7,10)(H,11,12). The molecule has 1 atom stereocenters.